The molecule has 0 N–H and O–H groups in total. The van der Waals surface area contributed by atoms with Crippen molar-refractivity contribution in [3.05, 3.63) is 70.8 Å². The van der Waals surface area contributed by atoms with Crippen molar-refractivity contribution in [2.45, 2.75) is 25.4 Å². The molecular weight excluding hydrogens is 361 g/mol. The smallest absolute Gasteiger partial charge is 0.234 e. The van der Waals surface area contributed by atoms with E-state index in [-0.39, 0.29) is 5.82 Å². The lowest BCUT2D eigenvalue weighted by Crippen LogP contribution is -2.24. The number of imidazole rings is 1. The Hall–Kier alpha value is -2.64. The van der Waals surface area contributed by atoms with Crippen LogP contribution in [0, 0.1) is 5.82 Å². The zero-order chi connectivity index (χ0) is 18.2. The van der Waals surface area contributed by atoms with E-state index >= 15 is 0 Å². The summed E-state index contributed by atoms with van der Waals surface area (Å²) in [5.74, 6) is 0.439. The second kappa shape index (κ2) is 6.83. The molecule has 0 bridgehead atoms. The lowest BCUT2D eigenvalue weighted by Gasteiger charge is -2.25. The van der Waals surface area contributed by atoms with Crippen LogP contribution in [0.4, 0.5) is 4.39 Å². The first-order valence-corrected chi connectivity index (χ1v) is 9.87. The predicted molar refractivity (Wildman–Crippen MR) is 103 cm³/mol. The number of rotatable bonds is 4. The monoisotopic (exact) mass is 379 g/mol. The normalized spacial score (nSPS) is 17.7. The van der Waals surface area contributed by atoms with Gasteiger partial charge in [0.15, 0.2) is 0 Å². The van der Waals surface area contributed by atoms with Gasteiger partial charge in [-0.15, -0.1) is 11.3 Å². The summed E-state index contributed by atoms with van der Waals surface area (Å²) >= 11 is 1.69. The van der Waals surface area contributed by atoms with Gasteiger partial charge in [-0.1, -0.05) is 0 Å². The summed E-state index contributed by atoms with van der Waals surface area (Å²) in [5, 5.41) is 0. The molecule has 0 spiro atoms. The second-order valence-electron chi connectivity index (χ2n) is 6.75. The van der Waals surface area contributed by atoms with Crippen LogP contribution >= 0.6 is 11.3 Å². The van der Waals surface area contributed by atoms with Gasteiger partial charge in [0.1, 0.15) is 5.82 Å². The molecule has 3 aromatic heterocycles. The van der Waals surface area contributed by atoms with E-state index < -0.39 is 0 Å². The minimum Gasteiger partial charge on any atom is -0.290 e. The molecule has 1 aromatic carbocycles. The molecule has 5 nitrogen and oxygen atoms in total. The molecule has 5 rings (SSSR count). The largest absolute Gasteiger partial charge is 0.290 e. The molecule has 0 amide bonds. The van der Waals surface area contributed by atoms with Gasteiger partial charge in [0.25, 0.3) is 0 Å². The Morgan fingerprint density at radius 3 is 2.81 bits per heavy atom. The van der Waals surface area contributed by atoms with Gasteiger partial charge in [-0.2, -0.15) is 0 Å². The van der Waals surface area contributed by atoms with E-state index in [9.17, 15) is 4.39 Å². The number of thiazole rings is 1. The minimum absolute atomic E-state index is 0.238. The maximum atomic E-state index is 13.4. The molecule has 1 fully saturated rings. The quantitative estimate of drug-likeness (QED) is 0.529. The number of hydrogen-bond donors (Lipinski definition) is 0. The number of fused-ring (bicyclic) bond motifs is 1. The summed E-state index contributed by atoms with van der Waals surface area (Å²) in [7, 11) is 0. The fourth-order valence-electron chi connectivity index (χ4n) is 3.90. The minimum atomic E-state index is -0.238. The van der Waals surface area contributed by atoms with E-state index in [0.717, 1.165) is 37.2 Å². The Bertz CT molecular complexity index is 1060. The molecule has 4 heterocycles. The van der Waals surface area contributed by atoms with Crippen molar-refractivity contribution >= 4 is 17.1 Å². The molecule has 4 aromatic rings. The summed E-state index contributed by atoms with van der Waals surface area (Å²) in [6.07, 6.45) is 7.85. The van der Waals surface area contributed by atoms with Crippen LogP contribution in [-0.2, 0) is 6.54 Å². The van der Waals surface area contributed by atoms with Crippen LogP contribution in [0.1, 0.15) is 29.5 Å². The SMILES string of the molecule is Fc1ccc(-c2cnc3nccc([C@@H]4CCCN4Cc4cncs4)n23)cc1. The lowest BCUT2D eigenvalue weighted by atomic mass is 10.1. The molecule has 1 aliphatic heterocycles. The Kier molecular flexibility index (Phi) is 4.18. The summed E-state index contributed by atoms with van der Waals surface area (Å²) in [4.78, 5) is 16.9. The molecule has 0 unspecified atom stereocenters. The molecule has 7 heteroatoms. The van der Waals surface area contributed by atoms with Crippen molar-refractivity contribution < 1.29 is 4.39 Å². The van der Waals surface area contributed by atoms with Gasteiger partial charge in [0.2, 0.25) is 5.78 Å². The van der Waals surface area contributed by atoms with Crippen LogP contribution in [0.25, 0.3) is 17.0 Å². The van der Waals surface area contributed by atoms with Gasteiger partial charge in [-0.3, -0.25) is 14.3 Å². The molecule has 136 valence electrons. The predicted octanol–water partition coefficient (Wildman–Crippen LogP) is 4.33. The average molecular weight is 379 g/mol. The van der Waals surface area contributed by atoms with Gasteiger partial charge >= 0.3 is 0 Å². The fourth-order valence-corrected chi connectivity index (χ4v) is 4.52. The second-order valence-corrected chi connectivity index (χ2v) is 7.72. The van der Waals surface area contributed by atoms with Crippen molar-refractivity contribution in [3.8, 4) is 11.3 Å². The van der Waals surface area contributed by atoms with Gasteiger partial charge in [-0.05, 0) is 49.7 Å². The van der Waals surface area contributed by atoms with Crippen molar-refractivity contribution in [2.24, 2.45) is 0 Å². The van der Waals surface area contributed by atoms with E-state index in [0.29, 0.717) is 11.8 Å². The molecule has 27 heavy (non-hydrogen) atoms. The highest BCUT2D eigenvalue weighted by molar-refractivity contribution is 7.09. The Morgan fingerprint density at radius 2 is 2.00 bits per heavy atom. The number of halogens is 1. The van der Waals surface area contributed by atoms with Crippen molar-refractivity contribution in [1.82, 2.24) is 24.3 Å². The number of hydrogen-bond acceptors (Lipinski definition) is 5. The van der Waals surface area contributed by atoms with E-state index in [4.69, 9.17) is 0 Å². The van der Waals surface area contributed by atoms with E-state index in [1.807, 2.05) is 24.1 Å². The molecule has 1 atom stereocenters. The number of likely N-dealkylation sites (tertiary alicyclic amines) is 1. The molecule has 0 aliphatic carbocycles. The number of benzene rings is 1. The fraction of sp³-hybridized carbons (Fsp3) is 0.250. The van der Waals surface area contributed by atoms with Crippen LogP contribution in [0.3, 0.4) is 0 Å². The van der Waals surface area contributed by atoms with Gasteiger partial charge in [0.05, 0.1) is 23.4 Å². The highest BCUT2D eigenvalue weighted by Gasteiger charge is 2.29. The zero-order valence-electron chi connectivity index (χ0n) is 14.6. The number of aromatic nitrogens is 4. The summed E-state index contributed by atoms with van der Waals surface area (Å²) in [5.41, 5.74) is 4.94. The highest BCUT2D eigenvalue weighted by atomic mass is 32.1. The van der Waals surface area contributed by atoms with Gasteiger partial charge in [-0.25, -0.2) is 14.4 Å². The maximum absolute atomic E-state index is 13.4. The first kappa shape index (κ1) is 16.5. The van der Waals surface area contributed by atoms with Gasteiger partial charge in [0, 0.05) is 35.1 Å². The van der Waals surface area contributed by atoms with Crippen molar-refractivity contribution in [1.29, 1.82) is 0 Å². The third-order valence-corrected chi connectivity index (χ3v) is 5.89. The third-order valence-electron chi connectivity index (χ3n) is 5.12. The van der Waals surface area contributed by atoms with Crippen molar-refractivity contribution in [2.75, 3.05) is 6.54 Å². The van der Waals surface area contributed by atoms with Crippen LogP contribution in [0.15, 0.2) is 54.4 Å². The summed E-state index contributed by atoms with van der Waals surface area (Å²) < 4.78 is 15.5. The molecule has 0 radical (unpaired) electrons. The molecular formula is C20H18FN5S. The van der Waals surface area contributed by atoms with Crippen molar-refractivity contribution in [3.63, 3.8) is 0 Å². The first-order chi connectivity index (χ1) is 13.3. The summed E-state index contributed by atoms with van der Waals surface area (Å²) in [6, 6.07) is 8.93. The average Bonchev–Trinajstić information content (AvgIpc) is 3.43. The van der Waals surface area contributed by atoms with E-state index in [2.05, 4.69) is 30.3 Å². The Labute approximate surface area is 160 Å². The molecule has 1 saturated heterocycles. The van der Waals surface area contributed by atoms with E-state index in [1.54, 1.807) is 23.5 Å². The summed E-state index contributed by atoms with van der Waals surface area (Å²) in [6.45, 7) is 1.96. The molecule has 1 aliphatic rings. The lowest BCUT2D eigenvalue weighted by molar-refractivity contribution is 0.245. The molecule has 0 saturated carbocycles. The Morgan fingerprint density at radius 1 is 1.11 bits per heavy atom. The van der Waals surface area contributed by atoms with E-state index in [1.165, 1.54) is 22.7 Å². The maximum Gasteiger partial charge on any atom is 0.234 e. The van der Waals surface area contributed by atoms with Gasteiger partial charge < -0.3 is 0 Å². The standard InChI is InChI=1S/C20H18FN5S/c21-15-5-3-14(4-6-15)19-11-24-20-23-8-7-18(26(19)20)17-2-1-9-25(17)12-16-10-22-13-27-16/h3-8,10-11,13,17H,1-2,9,12H2/t17-/m0/s1. The Balaban J connectivity index is 1.58. The topological polar surface area (TPSA) is 46.3 Å². The van der Waals surface area contributed by atoms with Crippen LogP contribution in [0.5, 0.6) is 0 Å². The highest BCUT2D eigenvalue weighted by Crippen LogP contribution is 2.35. The third kappa shape index (κ3) is 3.02. The van der Waals surface area contributed by atoms with Crippen LogP contribution in [-0.4, -0.2) is 30.8 Å². The van der Waals surface area contributed by atoms with Crippen LogP contribution in [0.2, 0.25) is 0 Å². The zero-order valence-corrected chi connectivity index (χ0v) is 15.4. The number of nitrogens with zero attached hydrogens (tertiary/aromatic N) is 5. The first-order valence-electron chi connectivity index (χ1n) is 8.99. The van der Waals surface area contributed by atoms with Crippen LogP contribution < -0.4 is 0 Å².